The molecule has 1 saturated carbocycles. The van der Waals surface area contributed by atoms with Crippen LogP contribution in [0, 0.1) is 12.3 Å². The molecule has 94 valence electrons. The molecule has 0 saturated heterocycles. The second-order valence-corrected chi connectivity index (χ2v) is 5.24. The van der Waals surface area contributed by atoms with Gasteiger partial charge in [-0.2, -0.15) is 0 Å². The maximum absolute atomic E-state index is 9.63. The first-order valence-electron chi connectivity index (χ1n) is 6.52. The number of rotatable bonds is 4. The van der Waals surface area contributed by atoms with Gasteiger partial charge in [-0.1, -0.05) is 25.3 Å². The van der Waals surface area contributed by atoms with E-state index in [9.17, 15) is 5.11 Å². The van der Waals surface area contributed by atoms with E-state index in [0.717, 1.165) is 30.8 Å². The summed E-state index contributed by atoms with van der Waals surface area (Å²) in [6.45, 7) is 3.18. The quantitative estimate of drug-likeness (QED) is 0.842. The molecule has 0 radical (unpaired) electrons. The van der Waals surface area contributed by atoms with Crippen molar-refractivity contribution in [3.63, 3.8) is 0 Å². The summed E-state index contributed by atoms with van der Waals surface area (Å²) >= 11 is 0. The van der Waals surface area contributed by atoms with Gasteiger partial charge in [0, 0.05) is 18.2 Å². The van der Waals surface area contributed by atoms with Gasteiger partial charge in [-0.05, 0) is 31.4 Å². The summed E-state index contributed by atoms with van der Waals surface area (Å²) in [5.74, 6) is 0.950. The van der Waals surface area contributed by atoms with Crippen LogP contribution in [0.1, 0.15) is 37.7 Å². The van der Waals surface area contributed by atoms with Crippen molar-refractivity contribution in [2.75, 3.05) is 18.5 Å². The Labute approximate surface area is 103 Å². The summed E-state index contributed by atoms with van der Waals surface area (Å²) in [5, 5.41) is 13.0. The minimum Gasteiger partial charge on any atom is -0.396 e. The molecule has 2 rings (SSSR count). The van der Waals surface area contributed by atoms with Gasteiger partial charge in [0.2, 0.25) is 0 Å². The first-order valence-corrected chi connectivity index (χ1v) is 6.52. The summed E-state index contributed by atoms with van der Waals surface area (Å²) in [6.07, 6.45) is 7.85. The lowest BCUT2D eigenvalue weighted by Gasteiger charge is -2.36. The molecular weight excluding hydrogens is 212 g/mol. The molecule has 1 fully saturated rings. The van der Waals surface area contributed by atoms with Crippen LogP contribution in [0.25, 0.3) is 0 Å². The normalized spacial score (nSPS) is 18.9. The molecule has 0 aromatic carbocycles. The molecule has 0 amide bonds. The molecule has 3 nitrogen and oxygen atoms in total. The second kappa shape index (κ2) is 5.50. The Morgan fingerprint density at radius 1 is 1.35 bits per heavy atom. The third-order valence-electron chi connectivity index (χ3n) is 3.89. The highest BCUT2D eigenvalue weighted by Crippen LogP contribution is 2.35. The minimum atomic E-state index is 0.0716. The predicted molar refractivity (Wildman–Crippen MR) is 70.1 cm³/mol. The number of aliphatic hydroxyl groups is 1. The SMILES string of the molecule is Cc1cccnc1NCC1(CO)CCCCC1. The summed E-state index contributed by atoms with van der Waals surface area (Å²) in [7, 11) is 0. The van der Waals surface area contributed by atoms with Crippen LogP contribution in [0.3, 0.4) is 0 Å². The average molecular weight is 234 g/mol. The van der Waals surface area contributed by atoms with Crippen LogP contribution < -0.4 is 5.32 Å². The number of hydrogen-bond acceptors (Lipinski definition) is 3. The topological polar surface area (TPSA) is 45.2 Å². The van der Waals surface area contributed by atoms with E-state index in [1.54, 1.807) is 0 Å². The Kier molecular flexibility index (Phi) is 4.00. The predicted octanol–water partition coefficient (Wildman–Crippen LogP) is 2.74. The Balaban J connectivity index is 1.98. The van der Waals surface area contributed by atoms with Gasteiger partial charge in [0.05, 0.1) is 6.61 Å². The Hall–Kier alpha value is -1.09. The molecule has 0 spiro atoms. The smallest absolute Gasteiger partial charge is 0.128 e. The van der Waals surface area contributed by atoms with Gasteiger partial charge in [0.1, 0.15) is 5.82 Å². The number of anilines is 1. The van der Waals surface area contributed by atoms with E-state index in [1.165, 1.54) is 19.3 Å². The molecule has 1 aliphatic carbocycles. The van der Waals surface area contributed by atoms with Crippen molar-refractivity contribution < 1.29 is 5.11 Å². The number of hydrogen-bond donors (Lipinski definition) is 2. The van der Waals surface area contributed by atoms with E-state index in [1.807, 2.05) is 12.3 Å². The fourth-order valence-corrected chi connectivity index (χ4v) is 2.63. The third-order valence-corrected chi connectivity index (χ3v) is 3.89. The highest BCUT2D eigenvalue weighted by molar-refractivity contribution is 5.42. The molecule has 1 heterocycles. The number of aryl methyl sites for hydroxylation is 1. The Morgan fingerprint density at radius 3 is 2.76 bits per heavy atom. The number of aliphatic hydroxyl groups excluding tert-OH is 1. The molecular formula is C14H22N2O. The van der Waals surface area contributed by atoms with Crippen LogP contribution in [-0.4, -0.2) is 23.2 Å². The van der Waals surface area contributed by atoms with E-state index >= 15 is 0 Å². The highest BCUT2D eigenvalue weighted by atomic mass is 16.3. The van der Waals surface area contributed by atoms with Crippen LogP contribution in [0.2, 0.25) is 0 Å². The first-order chi connectivity index (χ1) is 8.26. The zero-order chi connectivity index (χ0) is 12.1. The molecule has 1 aliphatic rings. The monoisotopic (exact) mass is 234 g/mol. The molecule has 0 unspecified atom stereocenters. The molecule has 17 heavy (non-hydrogen) atoms. The largest absolute Gasteiger partial charge is 0.396 e. The number of pyridine rings is 1. The van der Waals surface area contributed by atoms with Crippen LogP contribution in [0.4, 0.5) is 5.82 Å². The van der Waals surface area contributed by atoms with E-state index in [4.69, 9.17) is 0 Å². The van der Waals surface area contributed by atoms with Crippen LogP contribution in [0.5, 0.6) is 0 Å². The van der Waals surface area contributed by atoms with Gasteiger partial charge in [0.25, 0.3) is 0 Å². The number of nitrogens with one attached hydrogen (secondary N) is 1. The standard InChI is InChI=1S/C14H22N2O/c1-12-6-5-9-15-13(12)16-10-14(11-17)7-3-2-4-8-14/h5-6,9,17H,2-4,7-8,10-11H2,1H3,(H,15,16). The van der Waals surface area contributed by atoms with Crippen molar-refractivity contribution in [2.45, 2.75) is 39.0 Å². The maximum Gasteiger partial charge on any atom is 0.128 e. The highest BCUT2D eigenvalue weighted by Gasteiger charge is 2.31. The van der Waals surface area contributed by atoms with Gasteiger partial charge in [-0.15, -0.1) is 0 Å². The summed E-state index contributed by atoms with van der Waals surface area (Å²) in [5.41, 5.74) is 1.23. The lowest BCUT2D eigenvalue weighted by Crippen LogP contribution is -2.35. The van der Waals surface area contributed by atoms with Gasteiger partial charge < -0.3 is 10.4 Å². The Bertz CT molecular complexity index is 359. The lowest BCUT2D eigenvalue weighted by molar-refractivity contribution is 0.0943. The summed E-state index contributed by atoms with van der Waals surface area (Å²) < 4.78 is 0. The molecule has 3 heteroatoms. The molecule has 0 atom stereocenters. The van der Waals surface area contributed by atoms with E-state index in [2.05, 4.69) is 23.3 Å². The first kappa shape index (κ1) is 12.4. The molecule has 1 aromatic rings. The fourth-order valence-electron chi connectivity index (χ4n) is 2.63. The van der Waals surface area contributed by atoms with Crippen molar-refractivity contribution >= 4 is 5.82 Å². The third kappa shape index (κ3) is 2.97. The minimum absolute atomic E-state index is 0.0716. The Morgan fingerprint density at radius 2 is 2.12 bits per heavy atom. The maximum atomic E-state index is 9.63. The van der Waals surface area contributed by atoms with E-state index in [-0.39, 0.29) is 12.0 Å². The fraction of sp³-hybridized carbons (Fsp3) is 0.643. The van der Waals surface area contributed by atoms with Crippen molar-refractivity contribution in [1.29, 1.82) is 0 Å². The van der Waals surface area contributed by atoms with Gasteiger partial charge >= 0.3 is 0 Å². The van der Waals surface area contributed by atoms with Crippen LogP contribution in [0.15, 0.2) is 18.3 Å². The lowest BCUT2D eigenvalue weighted by atomic mass is 9.74. The number of nitrogens with zero attached hydrogens (tertiary/aromatic N) is 1. The van der Waals surface area contributed by atoms with Crippen LogP contribution >= 0.6 is 0 Å². The number of aromatic nitrogens is 1. The second-order valence-electron chi connectivity index (χ2n) is 5.24. The van der Waals surface area contributed by atoms with Crippen molar-refractivity contribution in [3.8, 4) is 0 Å². The van der Waals surface area contributed by atoms with Gasteiger partial charge in [-0.25, -0.2) is 4.98 Å². The van der Waals surface area contributed by atoms with Gasteiger partial charge in [0.15, 0.2) is 0 Å². The van der Waals surface area contributed by atoms with Gasteiger partial charge in [-0.3, -0.25) is 0 Å². The molecule has 1 aromatic heterocycles. The van der Waals surface area contributed by atoms with E-state index in [0.29, 0.717) is 0 Å². The summed E-state index contributed by atoms with van der Waals surface area (Å²) in [6, 6.07) is 4.00. The average Bonchev–Trinajstić information content (AvgIpc) is 2.39. The molecule has 2 N–H and O–H groups in total. The van der Waals surface area contributed by atoms with E-state index < -0.39 is 0 Å². The van der Waals surface area contributed by atoms with Crippen LogP contribution in [-0.2, 0) is 0 Å². The van der Waals surface area contributed by atoms with Crippen molar-refractivity contribution in [1.82, 2.24) is 4.98 Å². The molecule has 0 bridgehead atoms. The van der Waals surface area contributed by atoms with Crippen molar-refractivity contribution in [2.24, 2.45) is 5.41 Å². The molecule has 0 aliphatic heterocycles. The summed E-state index contributed by atoms with van der Waals surface area (Å²) in [4.78, 5) is 4.34. The zero-order valence-electron chi connectivity index (χ0n) is 10.6. The zero-order valence-corrected chi connectivity index (χ0v) is 10.6. The van der Waals surface area contributed by atoms with Crippen molar-refractivity contribution in [3.05, 3.63) is 23.9 Å².